The van der Waals surface area contributed by atoms with E-state index in [2.05, 4.69) is 22.0 Å². The van der Waals surface area contributed by atoms with Crippen molar-refractivity contribution in [1.29, 1.82) is 0 Å². The lowest BCUT2D eigenvalue weighted by Gasteiger charge is -2.09. The number of rotatable bonds is 5. The van der Waals surface area contributed by atoms with Gasteiger partial charge in [-0.05, 0) is 18.6 Å². The van der Waals surface area contributed by atoms with Crippen LogP contribution in [0.25, 0.3) is 0 Å². The van der Waals surface area contributed by atoms with Gasteiger partial charge >= 0.3 is 0 Å². The average molecular weight is 253 g/mol. The van der Waals surface area contributed by atoms with E-state index in [0.29, 0.717) is 13.0 Å². The highest BCUT2D eigenvalue weighted by Gasteiger charge is 2.15. The van der Waals surface area contributed by atoms with Gasteiger partial charge in [-0.1, -0.05) is 0 Å². The standard InChI is InChI=1S/C11H15N3O2S/c1-7(14-6-15)11(16)13-4-9-2-8-3-12-5-10(8)17-9/h2,6-7,12H,3-5H2,1H3,(H,13,16)(H,14,15). The molecule has 1 atom stereocenters. The lowest BCUT2D eigenvalue weighted by molar-refractivity contribution is -0.125. The molecule has 2 heterocycles. The van der Waals surface area contributed by atoms with Crippen LogP contribution in [0, 0.1) is 0 Å². The van der Waals surface area contributed by atoms with E-state index >= 15 is 0 Å². The normalized spacial score (nSPS) is 15.1. The fourth-order valence-corrected chi connectivity index (χ4v) is 2.83. The average Bonchev–Trinajstić information content (AvgIpc) is 2.86. The number of carbonyl (C=O) groups is 2. The maximum atomic E-state index is 11.5. The zero-order valence-corrected chi connectivity index (χ0v) is 10.4. The third-order valence-corrected chi connectivity index (χ3v) is 3.87. The molecule has 2 amide bonds. The Morgan fingerprint density at radius 2 is 2.47 bits per heavy atom. The molecule has 1 aromatic heterocycles. The van der Waals surface area contributed by atoms with Crippen LogP contribution in [0.3, 0.4) is 0 Å². The molecule has 1 aliphatic rings. The zero-order valence-electron chi connectivity index (χ0n) is 9.58. The summed E-state index contributed by atoms with van der Waals surface area (Å²) in [7, 11) is 0. The summed E-state index contributed by atoms with van der Waals surface area (Å²) in [4.78, 5) is 24.2. The first-order valence-electron chi connectivity index (χ1n) is 5.49. The molecule has 3 N–H and O–H groups in total. The van der Waals surface area contributed by atoms with Gasteiger partial charge in [0.2, 0.25) is 12.3 Å². The minimum Gasteiger partial charge on any atom is -0.349 e. The fourth-order valence-electron chi connectivity index (χ4n) is 1.73. The molecule has 0 fully saturated rings. The maximum absolute atomic E-state index is 11.5. The van der Waals surface area contributed by atoms with Crippen molar-refractivity contribution < 1.29 is 9.59 Å². The summed E-state index contributed by atoms with van der Waals surface area (Å²) in [6.45, 7) is 4.03. The molecule has 5 nitrogen and oxygen atoms in total. The van der Waals surface area contributed by atoms with Crippen LogP contribution in [0.5, 0.6) is 0 Å². The smallest absolute Gasteiger partial charge is 0.242 e. The highest BCUT2D eigenvalue weighted by atomic mass is 32.1. The number of thiophene rings is 1. The van der Waals surface area contributed by atoms with Crippen molar-refractivity contribution in [3.05, 3.63) is 21.4 Å². The molecule has 0 aromatic carbocycles. The topological polar surface area (TPSA) is 70.2 Å². The summed E-state index contributed by atoms with van der Waals surface area (Å²) in [5.74, 6) is -0.163. The Kier molecular flexibility index (Phi) is 3.75. The van der Waals surface area contributed by atoms with Crippen LogP contribution >= 0.6 is 11.3 Å². The van der Waals surface area contributed by atoms with Crippen molar-refractivity contribution in [2.24, 2.45) is 0 Å². The monoisotopic (exact) mass is 253 g/mol. The molecule has 1 aliphatic heterocycles. The van der Waals surface area contributed by atoms with Crippen LogP contribution in [0.1, 0.15) is 22.2 Å². The highest BCUT2D eigenvalue weighted by molar-refractivity contribution is 7.12. The largest absolute Gasteiger partial charge is 0.349 e. The Bertz CT molecular complexity index is 409. The lowest BCUT2D eigenvalue weighted by Crippen LogP contribution is -2.41. The minimum atomic E-state index is -0.485. The van der Waals surface area contributed by atoms with Gasteiger partial charge in [-0.2, -0.15) is 0 Å². The molecule has 6 heteroatoms. The number of fused-ring (bicyclic) bond motifs is 1. The van der Waals surface area contributed by atoms with E-state index in [1.807, 2.05) is 0 Å². The maximum Gasteiger partial charge on any atom is 0.242 e. The lowest BCUT2D eigenvalue weighted by atomic mass is 10.2. The van der Waals surface area contributed by atoms with E-state index < -0.39 is 6.04 Å². The predicted molar refractivity (Wildman–Crippen MR) is 65.4 cm³/mol. The van der Waals surface area contributed by atoms with Crippen LogP contribution in [-0.2, 0) is 29.2 Å². The van der Waals surface area contributed by atoms with Crippen molar-refractivity contribution in [3.63, 3.8) is 0 Å². The molecule has 0 bridgehead atoms. The first kappa shape index (κ1) is 12.1. The van der Waals surface area contributed by atoms with E-state index in [1.54, 1.807) is 18.3 Å². The summed E-state index contributed by atoms with van der Waals surface area (Å²) in [5.41, 5.74) is 1.33. The molecule has 0 spiro atoms. The van der Waals surface area contributed by atoms with E-state index in [4.69, 9.17) is 0 Å². The minimum absolute atomic E-state index is 0.163. The quantitative estimate of drug-likeness (QED) is 0.652. The van der Waals surface area contributed by atoms with Crippen LogP contribution in [-0.4, -0.2) is 18.4 Å². The number of hydrogen-bond donors (Lipinski definition) is 3. The Hall–Kier alpha value is -1.40. The van der Waals surface area contributed by atoms with Crippen molar-refractivity contribution in [3.8, 4) is 0 Å². The first-order chi connectivity index (χ1) is 8.20. The molecule has 0 radical (unpaired) electrons. The Balaban J connectivity index is 1.85. The summed E-state index contributed by atoms with van der Waals surface area (Å²) >= 11 is 1.72. The summed E-state index contributed by atoms with van der Waals surface area (Å²) in [5, 5.41) is 8.49. The summed E-state index contributed by atoms with van der Waals surface area (Å²) in [6, 6.07) is 1.64. The SMILES string of the molecule is CC(NC=O)C(=O)NCc1cc2c(s1)CNC2. The third-order valence-electron chi connectivity index (χ3n) is 2.70. The van der Waals surface area contributed by atoms with Gasteiger partial charge in [-0.25, -0.2) is 0 Å². The van der Waals surface area contributed by atoms with Crippen molar-refractivity contribution >= 4 is 23.7 Å². The van der Waals surface area contributed by atoms with E-state index in [9.17, 15) is 9.59 Å². The highest BCUT2D eigenvalue weighted by Crippen LogP contribution is 2.25. The van der Waals surface area contributed by atoms with Crippen molar-refractivity contribution in [1.82, 2.24) is 16.0 Å². The number of amides is 2. The molecule has 92 valence electrons. The fraction of sp³-hybridized carbons (Fsp3) is 0.455. The van der Waals surface area contributed by atoms with Gasteiger partial charge in [0.25, 0.3) is 0 Å². The molecule has 2 rings (SSSR count). The van der Waals surface area contributed by atoms with Gasteiger partial charge in [0.05, 0.1) is 6.54 Å². The first-order valence-corrected chi connectivity index (χ1v) is 6.31. The molecule has 1 unspecified atom stereocenters. The Labute approximate surface area is 104 Å². The molecular weight excluding hydrogens is 238 g/mol. The third kappa shape index (κ3) is 2.83. The second kappa shape index (κ2) is 5.29. The molecule has 0 saturated heterocycles. The van der Waals surface area contributed by atoms with Crippen LogP contribution < -0.4 is 16.0 Å². The summed E-state index contributed by atoms with van der Waals surface area (Å²) in [6.07, 6.45) is 0.537. The second-order valence-electron chi connectivity index (χ2n) is 3.99. The van der Waals surface area contributed by atoms with Gasteiger partial charge in [0.15, 0.2) is 0 Å². The van der Waals surface area contributed by atoms with Gasteiger partial charge in [0, 0.05) is 22.8 Å². The Morgan fingerprint density at radius 3 is 3.18 bits per heavy atom. The van der Waals surface area contributed by atoms with E-state index in [-0.39, 0.29) is 5.91 Å². The van der Waals surface area contributed by atoms with Gasteiger partial charge in [-0.3, -0.25) is 9.59 Å². The second-order valence-corrected chi connectivity index (χ2v) is 5.21. The van der Waals surface area contributed by atoms with Crippen LogP contribution in [0.15, 0.2) is 6.07 Å². The molecule has 17 heavy (non-hydrogen) atoms. The zero-order chi connectivity index (χ0) is 12.3. The van der Waals surface area contributed by atoms with Crippen molar-refractivity contribution in [2.75, 3.05) is 0 Å². The van der Waals surface area contributed by atoms with Crippen LogP contribution in [0.2, 0.25) is 0 Å². The van der Waals surface area contributed by atoms with E-state index in [1.165, 1.54) is 10.4 Å². The van der Waals surface area contributed by atoms with Crippen molar-refractivity contribution in [2.45, 2.75) is 32.6 Å². The number of hydrogen-bond acceptors (Lipinski definition) is 4. The van der Waals surface area contributed by atoms with Gasteiger partial charge in [-0.15, -0.1) is 11.3 Å². The molecule has 1 aromatic rings. The molecule has 0 aliphatic carbocycles. The molecule has 0 saturated carbocycles. The predicted octanol–water partition coefficient (Wildman–Crippen LogP) is 0.102. The van der Waals surface area contributed by atoms with Gasteiger partial charge < -0.3 is 16.0 Å². The number of nitrogens with one attached hydrogen (secondary N) is 3. The van der Waals surface area contributed by atoms with E-state index in [0.717, 1.165) is 18.0 Å². The Morgan fingerprint density at radius 1 is 1.65 bits per heavy atom. The van der Waals surface area contributed by atoms with Crippen LogP contribution in [0.4, 0.5) is 0 Å². The molecular formula is C11H15N3O2S. The van der Waals surface area contributed by atoms with Gasteiger partial charge in [0.1, 0.15) is 6.04 Å². The summed E-state index contributed by atoms with van der Waals surface area (Å²) < 4.78 is 0. The number of carbonyl (C=O) groups excluding carboxylic acids is 2.